The first kappa shape index (κ1) is 32.6. The van der Waals surface area contributed by atoms with Crippen molar-refractivity contribution in [3.05, 3.63) is 95.2 Å². The zero-order chi connectivity index (χ0) is 33.0. The molecule has 2 heterocycles. The normalized spacial score (nSPS) is 16.2. The van der Waals surface area contributed by atoms with E-state index < -0.39 is 28.9 Å². The second kappa shape index (κ2) is 14.2. The molecule has 6 rings (SSSR count). The Morgan fingerprint density at radius 1 is 0.872 bits per heavy atom. The van der Waals surface area contributed by atoms with E-state index in [1.165, 1.54) is 35.9 Å². The van der Waals surface area contributed by atoms with Gasteiger partial charge in [-0.25, -0.2) is 8.78 Å². The van der Waals surface area contributed by atoms with Crippen LogP contribution in [0.15, 0.2) is 66.9 Å². The van der Waals surface area contributed by atoms with Crippen LogP contribution in [0.1, 0.15) is 55.7 Å². The Morgan fingerprint density at radius 3 is 2.23 bits per heavy atom. The summed E-state index contributed by atoms with van der Waals surface area (Å²) in [6, 6.07) is 16.3. The van der Waals surface area contributed by atoms with Crippen molar-refractivity contribution in [3.63, 3.8) is 0 Å². The fourth-order valence-corrected chi connectivity index (χ4v) is 6.34. The van der Waals surface area contributed by atoms with Gasteiger partial charge in [-0.3, -0.25) is 14.6 Å². The van der Waals surface area contributed by atoms with Gasteiger partial charge < -0.3 is 20.3 Å². The second-order valence-corrected chi connectivity index (χ2v) is 13.1. The van der Waals surface area contributed by atoms with Crippen molar-refractivity contribution in [3.8, 4) is 5.75 Å². The first-order chi connectivity index (χ1) is 22.7. The van der Waals surface area contributed by atoms with Gasteiger partial charge in [0.15, 0.2) is 0 Å². The topological polar surface area (TPSA) is 83.6 Å². The smallest absolute Gasteiger partial charge is 0.240 e. The number of halogens is 2. The van der Waals surface area contributed by atoms with Crippen LogP contribution in [0.4, 0.5) is 20.2 Å². The molecule has 2 amide bonds. The molecule has 9 heteroatoms. The number of likely N-dealkylation sites (tertiary alicyclic amines) is 1. The number of nitrogens with one attached hydrogen (secondary N) is 2. The van der Waals surface area contributed by atoms with E-state index in [-0.39, 0.29) is 0 Å². The number of fused-ring (bicyclic) bond motifs is 1. The number of aromatic nitrogens is 1. The molecule has 1 aromatic heterocycles. The maximum absolute atomic E-state index is 15.3. The van der Waals surface area contributed by atoms with Crippen LogP contribution in [-0.4, -0.2) is 48.4 Å². The van der Waals surface area contributed by atoms with Crippen molar-refractivity contribution in [1.29, 1.82) is 0 Å². The summed E-state index contributed by atoms with van der Waals surface area (Å²) in [5.41, 5.74) is 3.16. The number of carbonyl (C=O) groups excluding carboxylic acids is 2. The van der Waals surface area contributed by atoms with Crippen molar-refractivity contribution in [1.82, 2.24) is 9.88 Å². The molecular weight excluding hydrogens is 598 g/mol. The summed E-state index contributed by atoms with van der Waals surface area (Å²) >= 11 is 0. The van der Waals surface area contributed by atoms with Crippen LogP contribution in [-0.2, 0) is 28.9 Å². The van der Waals surface area contributed by atoms with Gasteiger partial charge in [-0.05, 0) is 136 Å². The molecule has 2 aliphatic rings. The molecular formula is C38H42F2N4O3. The van der Waals surface area contributed by atoms with Crippen molar-refractivity contribution < 1.29 is 23.1 Å². The Balaban J connectivity index is 1.10. The minimum atomic E-state index is -1.22. The molecule has 7 nitrogen and oxygen atoms in total. The molecule has 2 N–H and O–H groups in total. The molecule has 47 heavy (non-hydrogen) atoms. The quantitative estimate of drug-likeness (QED) is 0.159. The number of piperidine rings is 1. The number of rotatable bonds is 12. The highest BCUT2D eigenvalue weighted by molar-refractivity contribution is 6.16. The first-order valence-corrected chi connectivity index (χ1v) is 16.6. The van der Waals surface area contributed by atoms with Gasteiger partial charge >= 0.3 is 0 Å². The number of ether oxygens (including phenoxy) is 1. The summed E-state index contributed by atoms with van der Waals surface area (Å²) in [6.07, 6.45) is 7.87. The molecule has 1 saturated carbocycles. The molecule has 0 unspecified atom stereocenters. The summed E-state index contributed by atoms with van der Waals surface area (Å²) in [5.74, 6) is -0.301. The Bertz CT molecular complexity index is 1750. The number of carbonyl (C=O) groups is 2. The molecule has 0 radical (unpaired) electrons. The van der Waals surface area contributed by atoms with Crippen LogP contribution in [0.3, 0.4) is 0 Å². The van der Waals surface area contributed by atoms with E-state index in [1.54, 1.807) is 18.3 Å². The van der Waals surface area contributed by atoms with Crippen LogP contribution in [0, 0.1) is 23.0 Å². The largest absolute Gasteiger partial charge is 0.493 e. The number of benzene rings is 3. The van der Waals surface area contributed by atoms with Gasteiger partial charge in [0, 0.05) is 29.0 Å². The lowest BCUT2D eigenvalue weighted by Crippen LogP contribution is -2.35. The maximum atomic E-state index is 15.3. The monoisotopic (exact) mass is 640 g/mol. The van der Waals surface area contributed by atoms with E-state index in [9.17, 15) is 14.0 Å². The average Bonchev–Trinajstić information content (AvgIpc) is 3.88. The fraction of sp³-hybridized carbons (Fsp3) is 0.395. The molecule has 3 aromatic carbocycles. The lowest BCUT2D eigenvalue weighted by Gasteiger charge is -2.29. The summed E-state index contributed by atoms with van der Waals surface area (Å²) in [4.78, 5) is 33.0. The van der Waals surface area contributed by atoms with Crippen LogP contribution >= 0.6 is 0 Å². The van der Waals surface area contributed by atoms with Gasteiger partial charge in [-0.2, -0.15) is 0 Å². The van der Waals surface area contributed by atoms with Gasteiger partial charge in [0.2, 0.25) is 11.8 Å². The molecule has 1 saturated heterocycles. The zero-order valence-electron chi connectivity index (χ0n) is 27.1. The van der Waals surface area contributed by atoms with Gasteiger partial charge in [0.05, 0.1) is 12.1 Å². The van der Waals surface area contributed by atoms with E-state index in [4.69, 9.17) is 4.74 Å². The number of amides is 2. The summed E-state index contributed by atoms with van der Waals surface area (Å²) < 4.78 is 34.9. The predicted molar refractivity (Wildman–Crippen MR) is 181 cm³/mol. The standard InChI is InChI=1S/C38H42F2N4O3/c1-3-4-28-21-32-26(13-18-41-34(32)23-35(28)47-24-25-14-19-44(2)20-15-25)5-6-27-7-10-31(22-33(27)40)43-37(46)38(16-17-38)36(45)42-30-11-8-29(39)9-12-30/h7-13,18,21-23,25H,3-6,14-17,19-20,24H2,1-2H3,(H,42,45)(H,43,46). The zero-order valence-corrected chi connectivity index (χ0v) is 27.1. The highest BCUT2D eigenvalue weighted by atomic mass is 19.1. The van der Waals surface area contributed by atoms with E-state index in [0.29, 0.717) is 48.5 Å². The Hall–Kier alpha value is -4.37. The molecule has 0 atom stereocenters. The number of pyridine rings is 1. The lowest BCUT2D eigenvalue weighted by molar-refractivity contribution is -0.131. The number of aryl methyl sites for hydroxylation is 3. The molecule has 1 aliphatic carbocycles. The second-order valence-electron chi connectivity index (χ2n) is 13.1. The third-order valence-corrected chi connectivity index (χ3v) is 9.54. The van der Waals surface area contributed by atoms with Crippen molar-refractivity contribution in [2.75, 3.05) is 37.4 Å². The number of hydrogen-bond acceptors (Lipinski definition) is 5. The minimum Gasteiger partial charge on any atom is -0.493 e. The van der Waals surface area contributed by atoms with Crippen LogP contribution in [0.5, 0.6) is 5.75 Å². The summed E-state index contributed by atoms with van der Waals surface area (Å²) in [7, 11) is 2.17. The van der Waals surface area contributed by atoms with Crippen LogP contribution in [0.25, 0.3) is 10.9 Å². The van der Waals surface area contributed by atoms with E-state index in [1.807, 2.05) is 6.07 Å². The first-order valence-electron chi connectivity index (χ1n) is 16.6. The fourth-order valence-electron chi connectivity index (χ4n) is 6.34. The molecule has 2 fully saturated rings. The molecule has 1 aliphatic heterocycles. The summed E-state index contributed by atoms with van der Waals surface area (Å²) in [6.45, 7) is 5.10. The maximum Gasteiger partial charge on any atom is 0.240 e. The lowest BCUT2D eigenvalue weighted by atomic mass is 9.97. The molecule has 0 bridgehead atoms. The Labute approximate surface area is 274 Å². The number of anilines is 2. The van der Waals surface area contributed by atoms with Crippen LogP contribution < -0.4 is 15.4 Å². The predicted octanol–water partition coefficient (Wildman–Crippen LogP) is 7.33. The molecule has 4 aromatic rings. The third kappa shape index (κ3) is 7.62. The van der Waals surface area contributed by atoms with E-state index in [0.717, 1.165) is 67.6 Å². The molecule has 0 spiro atoms. The Kier molecular flexibility index (Phi) is 9.82. The van der Waals surface area contributed by atoms with E-state index >= 15 is 4.39 Å². The van der Waals surface area contributed by atoms with Gasteiger partial charge in [0.1, 0.15) is 22.8 Å². The highest BCUT2D eigenvalue weighted by Crippen LogP contribution is 2.47. The number of hydrogen-bond donors (Lipinski definition) is 2. The van der Waals surface area contributed by atoms with Crippen molar-refractivity contribution in [2.45, 2.75) is 58.3 Å². The minimum absolute atomic E-state index is 0.295. The van der Waals surface area contributed by atoms with Gasteiger partial charge in [0.25, 0.3) is 0 Å². The summed E-state index contributed by atoms with van der Waals surface area (Å²) in [5, 5.41) is 6.46. The Morgan fingerprint density at radius 2 is 1.55 bits per heavy atom. The van der Waals surface area contributed by atoms with E-state index in [2.05, 4.69) is 46.6 Å². The van der Waals surface area contributed by atoms with Crippen molar-refractivity contribution >= 4 is 34.1 Å². The number of nitrogens with zero attached hydrogens (tertiary/aromatic N) is 2. The molecule has 246 valence electrons. The highest BCUT2D eigenvalue weighted by Gasteiger charge is 2.56. The van der Waals surface area contributed by atoms with Crippen molar-refractivity contribution in [2.24, 2.45) is 11.3 Å². The third-order valence-electron chi connectivity index (χ3n) is 9.54. The average molecular weight is 641 g/mol. The van der Waals surface area contributed by atoms with Crippen LogP contribution in [0.2, 0.25) is 0 Å². The SMILES string of the molecule is CCCc1cc2c(CCc3ccc(NC(=O)C4(C(=O)Nc5ccc(F)cc5)CC4)cc3F)ccnc2cc1OCC1CCN(C)CC1. The van der Waals surface area contributed by atoms with Gasteiger partial charge in [-0.15, -0.1) is 0 Å². The van der Waals surface area contributed by atoms with Gasteiger partial charge in [-0.1, -0.05) is 19.4 Å².